The summed E-state index contributed by atoms with van der Waals surface area (Å²) >= 11 is 0. The molecule has 2 aromatic carbocycles. The number of fused-ring (bicyclic) bond motifs is 1. The summed E-state index contributed by atoms with van der Waals surface area (Å²) in [6.45, 7) is 2.80. The topological polar surface area (TPSA) is 49.0 Å². The second-order valence-electron chi connectivity index (χ2n) is 6.15. The van der Waals surface area contributed by atoms with Crippen LogP contribution < -0.4 is 0 Å². The summed E-state index contributed by atoms with van der Waals surface area (Å²) in [5, 5.41) is 0. The SMILES string of the molecule is Cc1ccc2nc(C3CN(C(=O)c4c(F)cccc4F)C3)[nH]c2c1. The van der Waals surface area contributed by atoms with Gasteiger partial charge >= 0.3 is 0 Å². The molecule has 3 aromatic rings. The summed E-state index contributed by atoms with van der Waals surface area (Å²) < 4.78 is 27.4. The van der Waals surface area contributed by atoms with E-state index in [1.807, 2.05) is 25.1 Å². The van der Waals surface area contributed by atoms with E-state index in [2.05, 4.69) is 9.97 Å². The van der Waals surface area contributed by atoms with Crippen LogP contribution in [0.5, 0.6) is 0 Å². The average Bonchev–Trinajstić information content (AvgIpc) is 2.88. The predicted octanol–water partition coefficient (Wildman–Crippen LogP) is 3.39. The molecular weight excluding hydrogens is 312 g/mol. The third-order valence-electron chi connectivity index (χ3n) is 4.39. The third-order valence-corrected chi connectivity index (χ3v) is 4.39. The van der Waals surface area contributed by atoms with Gasteiger partial charge in [0.1, 0.15) is 23.0 Å². The molecule has 1 saturated heterocycles. The molecule has 1 aromatic heterocycles. The van der Waals surface area contributed by atoms with Gasteiger partial charge in [0.05, 0.1) is 17.0 Å². The molecule has 4 rings (SSSR count). The van der Waals surface area contributed by atoms with Crippen LogP contribution in [0.4, 0.5) is 8.78 Å². The number of imidazole rings is 1. The van der Waals surface area contributed by atoms with E-state index in [0.717, 1.165) is 34.6 Å². The van der Waals surface area contributed by atoms with Crippen molar-refractivity contribution in [3.05, 3.63) is 65.0 Å². The molecule has 4 nitrogen and oxygen atoms in total. The van der Waals surface area contributed by atoms with Gasteiger partial charge in [0.15, 0.2) is 0 Å². The Bertz CT molecular complexity index is 924. The van der Waals surface area contributed by atoms with Crippen molar-refractivity contribution in [2.75, 3.05) is 13.1 Å². The van der Waals surface area contributed by atoms with E-state index in [1.54, 1.807) is 0 Å². The molecule has 6 heteroatoms. The van der Waals surface area contributed by atoms with Crippen molar-refractivity contribution in [1.29, 1.82) is 0 Å². The van der Waals surface area contributed by atoms with E-state index in [9.17, 15) is 13.6 Å². The average molecular weight is 327 g/mol. The number of benzene rings is 2. The Morgan fingerprint density at radius 3 is 2.62 bits per heavy atom. The highest BCUT2D eigenvalue weighted by Gasteiger charge is 2.36. The molecule has 122 valence electrons. The van der Waals surface area contributed by atoms with Crippen molar-refractivity contribution < 1.29 is 13.6 Å². The van der Waals surface area contributed by atoms with Crippen LogP contribution in [0.1, 0.15) is 27.7 Å². The number of carbonyl (C=O) groups is 1. The van der Waals surface area contributed by atoms with E-state index in [1.165, 1.54) is 11.0 Å². The van der Waals surface area contributed by atoms with Gasteiger partial charge in [-0.2, -0.15) is 0 Å². The van der Waals surface area contributed by atoms with E-state index in [0.29, 0.717) is 13.1 Å². The zero-order chi connectivity index (χ0) is 16.8. The number of hydrogen-bond acceptors (Lipinski definition) is 2. The van der Waals surface area contributed by atoms with Crippen molar-refractivity contribution in [1.82, 2.24) is 14.9 Å². The molecule has 1 amide bonds. The summed E-state index contributed by atoms with van der Waals surface area (Å²) in [6, 6.07) is 9.38. The smallest absolute Gasteiger partial charge is 0.259 e. The Morgan fingerprint density at radius 1 is 1.21 bits per heavy atom. The summed E-state index contributed by atoms with van der Waals surface area (Å²) in [6.07, 6.45) is 0. The van der Waals surface area contributed by atoms with Crippen LogP contribution in [-0.2, 0) is 0 Å². The Kier molecular flexibility index (Phi) is 3.33. The van der Waals surface area contributed by atoms with Crippen molar-refractivity contribution in [2.45, 2.75) is 12.8 Å². The number of aromatic nitrogens is 2. The van der Waals surface area contributed by atoms with Crippen LogP contribution in [0, 0.1) is 18.6 Å². The second kappa shape index (κ2) is 5.40. The van der Waals surface area contributed by atoms with Crippen molar-refractivity contribution in [2.24, 2.45) is 0 Å². The molecule has 1 aliphatic heterocycles. The van der Waals surface area contributed by atoms with Gasteiger partial charge in [0.25, 0.3) is 5.91 Å². The summed E-state index contributed by atoms with van der Waals surface area (Å²) in [5.41, 5.74) is 2.48. The van der Waals surface area contributed by atoms with Gasteiger partial charge in [-0.1, -0.05) is 12.1 Å². The zero-order valence-electron chi connectivity index (χ0n) is 13.0. The lowest BCUT2D eigenvalue weighted by Gasteiger charge is -2.38. The molecule has 0 atom stereocenters. The van der Waals surface area contributed by atoms with Gasteiger partial charge in [0, 0.05) is 13.1 Å². The molecule has 1 aliphatic rings. The van der Waals surface area contributed by atoms with Crippen molar-refractivity contribution >= 4 is 16.9 Å². The van der Waals surface area contributed by atoms with Crippen LogP contribution in [0.2, 0.25) is 0 Å². The first-order valence-electron chi connectivity index (χ1n) is 7.72. The van der Waals surface area contributed by atoms with Crippen LogP contribution >= 0.6 is 0 Å². The summed E-state index contributed by atoms with van der Waals surface area (Å²) in [7, 11) is 0. The summed E-state index contributed by atoms with van der Waals surface area (Å²) in [4.78, 5) is 21.5. The normalized spacial score (nSPS) is 14.9. The molecule has 0 unspecified atom stereocenters. The van der Waals surface area contributed by atoms with Crippen molar-refractivity contribution in [3.8, 4) is 0 Å². The highest BCUT2D eigenvalue weighted by Crippen LogP contribution is 2.29. The number of nitrogens with one attached hydrogen (secondary N) is 1. The number of nitrogens with zero attached hydrogens (tertiary/aromatic N) is 2. The molecule has 0 bridgehead atoms. The molecule has 0 saturated carbocycles. The molecule has 2 heterocycles. The van der Waals surface area contributed by atoms with Gasteiger partial charge < -0.3 is 9.88 Å². The second-order valence-corrected chi connectivity index (χ2v) is 6.15. The van der Waals surface area contributed by atoms with Gasteiger partial charge in [-0.15, -0.1) is 0 Å². The fourth-order valence-corrected chi connectivity index (χ4v) is 3.01. The van der Waals surface area contributed by atoms with Crippen LogP contribution in [0.25, 0.3) is 11.0 Å². The number of halogens is 2. The number of carbonyl (C=O) groups excluding carboxylic acids is 1. The van der Waals surface area contributed by atoms with E-state index >= 15 is 0 Å². The summed E-state index contributed by atoms with van der Waals surface area (Å²) in [5.74, 6) is -1.43. The maximum atomic E-state index is 13.7. The zero-order valence-corrected chi connectivity index (χ0v) is 13.0. The Hall–Kier alpha value is -2.76. The molecule has 1 N–H and O–H groups in total. The maximum Gasteiger partial charge on any atom is 0.259 e. The molecule has 0 spiro atoms. The van der Waals surface area contributed by atoms with E-state index < -0.39 is 23.1 Å². The van der Waals surface area contributed by atoms with Gasteiger partial charge in [-0.25, -0.2) is 13.8 Å². The number of aryl methyl sites for hydroxylation is 1. The molecule has 24 heavy (non-hydrogen) atoms. The Labute approximate surface area is 137 Å². The molecule has 0 radical (unpaired) electrons. The lowest BCUT2D eigenvalue weighted by molar-refractivity contribution is 0.0585. The Morgan fingerprint density at radius 2 is 1.92 bits per heavy atom. The number of hydrogen-bond donors (Lipinski definition) is 1. The Balaban J connectivity index is 1.52. The third kappa shape index (κ3) is 2.35. The minimum absolute atomic E-state index is 0.0523. The van der Waals surface area contributed by atoms with Crippen LogP contribution in [-0.4, -0.2) is 33.9 Å². The number of amides is 1. The number of likely N-dealkylation sites (tertiary alicyclic amines) is 1. The number of H-pyrrole nitrogens is 1. The van der Waals surface area contributed by atoms with E-state index in [-0.39, 0.29) is 5.92 Å². The monoisotopic (exact) mass is 327 g/mol. The van der Waals surface area contributed by atoms with Crippen molar-refractivity contribution in [3.63, 3.8) is 0 Å². The first kappa shape index (κ1) is 14.8. The highest BCUT2D eigenvalue weighted by atomic mass is 19.1. The largest absolute Gasteiger partial charge is 0.342 e. The standard InChI is InChI=1S/C18H15F2N3O/c1-10-5-6-14-15(7-10)22-17(21-14)11-8-23(9-11)18(24)16-12(19)3-2-4-13(16)20/h2-7,11H,8-9H2,1H3,(H,21,22). The maximum absolute atomic E-state index is 13.7. The number of rotatable bonds is 2. The van der Waals surface area contributed by atoms with Gasteiger partial charge in [0.2, 0.25) is 0 Å². The fraction of sp³-hybridized carbons (Fsp3) is 0.222. The highest BCUT2D eigenvalue weighted by molar-refractivity contribution is 5.95. The number of aromatic amines is 1. The minimum Gasteiger partial charge on any atom is -0.342 e. The lowest BCUT2D eigenvalue weighted by Crippen LogP contribution is -2.49. The fourth-order valence-electron chi connectivity index (χ4n) is 3.01. The van der Waals surface area contributed by atoms with Gasteiger partial charge in [-0.3, -0.25) is 4.79 Å². The molecular formula is C18H15F2N3O. The lowest BCUT2D eigenvalue weighted by atomic mass is 9.98. The minimum atomic E-state index is -0.831. The van der Waals surface area contributed by atoms with Gasteiger partial charge in [-0.05, 0) is 36.8 Å². The first-order chi connectivity index (χ1) is 11.5. The molecule has 0 aliphatic carbocycles. The van der Waals surface area contributed by atoms with E-state index in [4.69, 9.17) is 0 Å². The van der Waals surface area contributed by atoms with Crippen LogP contribution in [0.15, 0.2) is 36.4 Å². The predicted molar refractivity (Wildman–Crippen MR) is 85.8 cm³/mol. The quantitative estimate of drug-likeness (QED) is 0.784. The molecule has 1 fully saturated rings. The first-order valence-corrected chi connectivity index (χ1v) is 7.72. The van der Waals surface area contributed by atoms with Crippen LogP contribution in [0.3, 0.4) is 0 Å².